The van der Waals surface area contributed by atoms with Gasteiger partial charge in [-0.15, -0.1) is 0 Å². The van der Waals surface area contributed by atoms with Gasteiger partial charge >= 0.3 is 0 Å². The smallest absolute Gasteiger partial charge is 0.128 e. The van der Waals surface area contributed by atoms with Crippen molar-refractivity contribution < 1.29 is 0 Å². The molecule has 4 heteroatoms. The minimum absolute atomic E-state index is 0.0501. The maximum atomic E-state index is 6.10. The largest absolute Gasteiger partial charge is 0.383 e. The van der Waals surface area contributed by atoms with E-state index in [1.807, 2.05) is 19.9 Å². The first-order valence-corrected chi connectivity index (χ1v) is 6.92. The van der Waals surface area contributed by atoms with Crippen LogP contribution in [0.1, 0.15) is 41.0 Å². The predicted octanol–water partition coefficient (Wildman–Crippen LogP) is 2.68. The van der Waals surface area contributed by atoms with E-state index in [1.54, 1.807) is 6.20 Å². The summed E-state index contributed by atoms with van der Waals surface area (Å²) < 4.78 is 0. The van der Waals surface area contributed by atoms with E-state index in [0.717, 1.165) is 29.1 Å². The van der Waals surface area contributed by atoms with Gasteiger partial charge in [0, 0.05) is 23.1 Å². The number of hydrogen-bond acceptors (Lipinski definition) is 4. The molecule has 0 bridgehead atoms. The number of pyridine rings is 2. The molecule has 4 nitrogen and oxygen atoms in total. The zero-order valence-corrected chi connectivity index (χ0v) is 12.6. The van der Waals surface area contributed by atoms with Gasteiger partial charge in [0.05, 0.1) is 6.04 Å². The number of nitrogens with zero attached hydrogens (tertiary/aromatic N) is 2. The fourth-order valence-electron chi connectivity index (χ4n) is 2.59. The molecule has 0 spiro atoms. The molecule has 0 aliphatic rings. The Balaban J connectivity index is 2.56. The molecule has 3 N–H and O–H groups in total. The zero-order valence-electron chi connectivity index (χ0n) is 12.6. The topological polar surface area (TPSA) is 63.8 Å². The lowest BCUT2D eigenvalue weighted by atomic mass is 9.95. The van der Waals surface area contributed by atoms with Crippen LogP contribution in [0.15, 0.2) is 24.4 Å². The third kappa shape index (κ3) is 2.96. The number of anilines is 1. The van der Waals surface area contributed by atoms with E-state index in [9.17, 15) is 0 Å². The molecule has 2 heterocycles. The molecule has 0 saturated carbocycles. The van der Waals surface area contributed by atoms with Crippen molar-refractivity contribution in [2.45, 2.75) is 33.7 Å². The van der Waals surface area contributed by atoms with Crippen LogP contribution in [0.4, 0.5) is 5.82 Å². The average molecular weight is 270 g/mol. The molecule has 2 aromatic rings. The fraction of sp³-hybridized carbons (Fsp3) is 0.375. The highest BCUT2D eigenvalue weighted by atomic mass is 14.9. The van der Waals surface area contributed by atoms with Crippen LogP contribution in [0.2, 0.25) is 0 Å². The first-order valence-electron chi connectivity index (χ1n) is 6.92. The first-order chi connectivity index (χ1) is 9.52. The number of nitrogen functional groups attached to an aromatic ring is 1. The summed E-state index contributed by atoms with van der Waals surface area (Å²) in [4.78, 5) is 8.68. The Labute approximate surface area is 120 Å². The molecule has 0 aromatic carbocycles. The molecule has 2 aromatic heterocycles. The van der Waals surface area contributed by atoms with Crippen molar-refractivity contribution in [2.24, 2.45) is 0 Å². The Morgan fingerprint density at radius 2 is 1.85 bits per heavy atom. The summed E-state index contributed by atoms with van der Waals surface area (Å²) in [5.41, 5.74) is 11.5. The Morgan fingerprint density at radius 1 is 1.20 bits per heavy atom. The summed E-state index contributed by atoms with van der Waals surface area (Å²) in [6.07, 6.45) is 1.75. The van der Waals surface area contributed by atoms with Gasteiger partial charge in [-0.05, 0) is 56.6 Å². The van der Waals surface area contributed by atoms with E-state index in [-0.39, 0.29) is 6.04 Å². The van der Waals surface area contributed by atoms with Gasteiger partial charge < -0.3 is 11.1 Å². The summed E-state index contributed by atoms with van der Waals surface area (Å²) in [5, 5.41) is 3.50. The zero-order chi connectivity index (χ0) is 14.7. The Kier molecular flexibility index (Phi) is 4.35. The number of hydrogen-bond donors (Lipinski definition) is 2. The van der Waals surface area contributed by atoms with Crippen LogP contribution in [0.5, 0.6) is 0 Å². The molecular weight excluding hydrogens is 248 g/mol. The van der Waals surface area contributed by atoms with Crippen LogP contribution in [-0.4, -0.2) is 16.5 Å². The summed E-state index contributed by atoms with van der Waals surface area (Å²) in [7, 11) is 0. The molecule has 0 saturated heterocycles. The molecule has 1 atom stereocenters. The standard InChI is InChI=1S/C16H22N4/c1-5-18-15(13-8-11(3)20-12(4)9-13)14-10(2)6-7-19-16(14)17/h6-9,15,18H,5H2,1-4H3,(H2,17,19). The monoisotopic (exact) mass is 270 g/mol. The van der Waals surface area contributed by atoms with Crippen molar-refractivity contribution in [1.82, 2.24) is 15.3 Å². The van der Waals surface area contributed by atoms with Gasteiger partial charge in [-0.25, -0.2) is 4.98 Å². The van der Waals surface area contributed by atoms with Crippen LogP contribution < -0.4 is 11.1 Å². The van der Waals surface area contributed by atoms with Crippen molar-refractivity contribution in [3.63, 3.8) is 0 Å². The molecule has 1 unspecified atom stereocenters. The molecule has 0 aliphatic heterocycles. The van der Waals surface area contributed by atoms with Crippen LogP contribution in [0, 0.1) is 20.8 Å². The molecule has 0 aliphatic carbocycles. The number of aromatic nitrogens is 2. The van der Waals surface area contributed by atoms with E-state index in [0.29, 0.717) is 5.82 Å². The third-order valence-electron chi connectivity index (χ3n) is 3.37. The van der Waals surface area contributed by atoms with Crippen molar-refractivity contribution in [3.05, 3.63) is 52.5 Å². The van der Waals surface area contributed by atoms with Crippen LogP contribution in [-0.2, 0) is 0 Å². The SMILES string of the molecule is CCNC(c1cc(C)nc(C)c1)c1c(C)ccnc1N. The molecule has 106 valence electrons. The minimum atomic E-state index is 0.0501. The highest BCUT2D eigenvalue weighted by Crippen LogP contribution is 2.29. The Morgan fingerprint density at radius 3 is 2.40 bits per heavy atom. The second-order valence-electron chi connectivity index (χ2n) is 5.10. The van der Waals surface area contributed by atoms with Crippen LogP contribution in [0.3, 0.4) is 0 Å². The number of rotatable bonds is 4. The second-order valence-corrected chi connectivity index (χ2v) is 5.10. The average Bonchev–Trinajstić information content (AvgIpc) is 2.36. The number of aryl methyl sites for hydroxylation is 3. The predicted molar refractivity (Wildman–Crippen MR) is 82.6 cm³/mol. The van der Waals surface area contributed by atoms with Crippen molar-refractivity contribution in [2.75, 3.05) is 12.3 Å². The molecule has 0 radical (unpaired) electrons. The molecule has 0 fully saturated rings. The Bertz CT molecular complexity index is 567. The van der Waals surface area contributed by atoms with Gasteiger partial charge in [0.2, 0.25) is 0 Å². The minimum Gasteiger partial charge on any atom is -0.383 e. The summed E-state index contributed by atoms with van der Waals surface area (Å²) in [5.74, 6) is 0.586. The summed E-state index contributed by atoms with van der Waals surface area (Å²) in [6.45, 7) is 9.05. The summed E-state index contributed by atoms with van der Waals surface area (Å²) in [6, 6.07) is 6.25. The highest BCUT2D eigenvalue weighted by molar-refractivity contribution is 5.50. The molecule has 0 amide bonds. The van der Waals surface area contributed by atoms with Crippen LogP contribution in [0.25, 0.3) is 0 Å². The Hall–Kier alpha value is -1.94. The lowest BCUT2D eigenvalue weighted by molar-refractivity contribution is 0.625. The summed E-state index contributed by atoms with van der Waals surface area (Å²) >= 11 is 0. The van der Waals surface area contributed by atoms with Crippen molar-refractivity contribution in [3.8, 4) is 0 Å². The van der Waals surface area contributed by atoms with Crippen molar-refractivity contribution >= 4 is 5.82 Å². The lowest BCUT2D eigenvalue weighted by Crippen LogP contribution is -2.24. The van der Waals surface area contributed by atoms with E-state index in [2.05, 4.69) is 41.3 Å². The molecule has 20 heavy (non-hydrogen) atoms. The number of nitrogens with two attached hydrogens (primary N) is 1. The van der Waals surface area contributed by atoms with Gasteiger partial charge in [0.25, 0.3) is 0 Å². The lowest BCUT2D eigenvalue weighted by Gasteiger charge is -2.22. The molecule has 2 rings (SSSR count). The van der Waals surface area contributed by atoms with Gasteiger partial charge in [0.15, 0.2) is 0 Å². The van der Waals surface area contributed by atoms with Gasteiger partial charge in [-0.2, -0.15) is 0 Å². The van der Waals surface area contributed by atoms with Gasteiger partial charge in [0.1, 0.15) is 5.82 Å². The van der Waals surface area contributed by atoms with Crippen molar-refractivity contribution in [1.29, 1.82) is 0 Å². The van der Waals surface area contributed by atoms with E-state index in [4.69, 9.17) is 5.73 Å². The van der Waals surface area contributed by atoms with Crippen LogP contribution >= 0.6 is 0 Å². The van der Waals surface area contributed by atoms with Gasteiger partial charge in [-0.1, -0.05) is 6.92 Å². The van der Waals surface area contributed by atoms with E-state index < -0.39 is 0 Å². The second kappa shape index (κ2) is 6.01. The quantitative estimate of drug-likeness (QED) is 0.896. The molecular formula is C16H22N4. The first kappa shape index (κ1) is 14.5. The fourth-order valence-corrected chi connectivity index (χ4v) is 2.59. The number of nitrogens with one attached hydrogen (secondary N) is 1. The maximum absolute atomic E-state index is 6.10. The van der Waals surface area contributed by atoms with E-state index >= 15 is 0 Å². The normalized spacial score (nSPS) is 12.4. The van der Waals surface area contributed by atoms with E-state index in [1.165, 1.54) is 5.56 Å². The highest BCUT2D eigenvalue weighted by Gasteiger charge is 2.19. The van der Waals surface area contributed by atoms with Gasteiger partial charge in [-0.3, -0.25) is 4.98 Å². The third-order valence-corrected chi connectivity index (χ3v) is 3.37. The maximum Gasteiger partial charge on any atom is 0.128 e.